The molecule has 16 heavy (non-hydrogen) atoms. The fourth-order valence-corrected chi connectivity index (χ4v) is 1.44. The van der Waals surface area contributed by atoms with Crippen LogP contribution >= 0.6 is 0 Å². The lowest BCUT2D eigenvalue weighted by Gasteiger charge is -2.10. The Morgan fingerprint density at radius 1 is 1.38 bits per heavy atom. The highest BCUT2D eigenvalue weighted by molar-refractivity contribution is 5.46. The van der Waals surface area contributed by atoms with Crippen LogP contribution in [0.4, 0.5) is 10.1 Å². The van der Waals surface area contributed by atoms with E-state index in [-0.39, 0.29) is 5.82 Å². The summed E-state index contributed by atoms with van der Waals surface area (Å²) in [6.07, 6.45) is 0. The Balaban J connectivity index is 2.54. The molecule has 0 fully saturated rings. The van der Waals surface area contributed by atoms with Crippen molar-refractivity contribution < 1.29 is 9.13 Å². The number of hydrogen-bond acceptors (Lipinski definition) is 2. The molecule has 0 aliphatic carbocycles. The van der Waals surface area contributed by atoms with E-state index in [1.165, 1.54) is 0 Å². The van der Waals surface area contributed by atoms with Crippen molar-refractivity contribution in [3.05, 3.63) is 29.6 Å². The minimum atomic E-state index is -0.192. The number of halogens is 1. The molecule has 0 radical (unpaired) electrons. The van der Waals surface area contributed by atoms with Crippen molar-refractivity contribution in [1.29, 1.82) is 0 Å². The zero-order valence-corrected chi connectivity index (χ0v) is 10.2. The summed E-state index contributed by atoms with van der Waals surface area (Å²) >= 11 is 0. The zero-order chi connectivity index (χ0) is 12.0. The molecule has 1 aromatic carbocycles. The van der Waals surface area contributed by atoms with Crippen molar-refractivity contribution in [2.75, 3.05) is 25.1 Å². The highest BCUT2D eigenvalue weighted by atomic mass is 19.1. The summed E-state index contributed by atoms with van der Waals surface area (Å²) in [5, 5.41) is 3.01. The molecule has 0 saturated carbocycles. The third-order valence-electron chi connectivity index (χ3n) is 2.43. The topological polar surface area (TPSA) is 21.3 Å². The molecule has 0 bridgehead atoms. The van der Waals surface area contributed by atoms with E-state index in [2.05, 4.69) is 19.2 Å². The third-order valence-corrected chi connectivity index (χ3v) is 2.43. The Kier molecular flexibility index (Phi) is 5.26. The van der Waals surface area contributed by atoms with Gasteiger partial charge in [0.15, 0.2) is 0 Å². The largest absolute Gasteiger partial charge is 0.380 e. The van der Waals surface area contributed by atoms with Gasteiger partial charge in [-0.25, -0.2) is 4.39 Å². The van der Waals surface area contributed by atoms with Crippen molar-refractivity contribution in [1.82, 2.24) is 0 Å². The fourth-order valence-electron chi connectivity index (χ4n) is 1.44. The molecule has 0 amide bonds. The van der Waals surface area contributed by atoms with Gasteiger partial charge >= 0.3 is 0 Å². The maximum atomic E-state index is 13.6. The summed E-state index contributed by atoms with van der Waals surface area (Å²) in [6.45, 7) is 7.97. The maximum Gasteiger partial charge on any atom is 0.146 e. The Hall–Kier alpha value is -1.09. The van der Waals surface area contributed by atoms with Crippen molar-refractivity contribution in [2.24, 2.45) is 0 Å². The smallest absolute Gasteiger partial charge is 0.146 e. The second-order valence-electron chi connectivity index (χ2n) is 4.02. The van der Waals surface area contributed by atoms with Crippen molar-refractivity contribution in [2.45, 2.75) is 26.7 Å². The second-order valence-corrected chi connectivity index (χ2v) is 4.02. The Labute approximate surface area is 96.8 Å². The molecule has 90 valence electrons. The van der Waals surface area contributed by atoms with Crippen molar-refractivity contribution >= 4 is 5.69 Å². The monoisotopic (exact) mass is 225 g/mol. The number of rotatable bonds is 6. The zero-order valence-electron chi connectivity index (χ0n) is 10.2. The van der Waals surface area contributed by atoms with E-state index in [0.29, 0.717) is 31.4 Å². The number of benzene rings is 1. The first-order chi connectivity index (χ1) is 7.65. The standard InChI is InChI=1S/C13H20FNO/c1-4-16-8-7-15-13-6-5-11(10(2)3)9-12(13)14/h5-6,9-10,15H,4,7-8H2,1-3H3. The molecule has 0 atom stereocenters. The molecule has 0 unspecified atom stereocenters. The Morgan fingerprint density at radius 2 is 2.12 bits per heavy atom. The van der Waals surface area contributed by atoms with Crippen molar-refractivity contribution in [3.63, 3.8) is 0 Å². The number of ether oxygens (including phenoxy) is 1. The second kappa shape index (κ2) is 6.48. The Morgan fingerprint density at radius 3 is 2.69 bits per heavy atom. The molecular weight excluding hydrogens is 205 g/mol. The van der Waals surface area contributed by atoms with Crippen LogP contribution in [-0.4, -0.2) is 19.8 Å². The first kappa shape index (κ1) is 13.0. The minimum absolute atomic E-state index is 0.192. The van der Waals surface area contributed by atoms with Crippen LogP contribution in [-0.2, 0) is 4.74 Å². The number of nitrogens with one attached hydrogen (secondary N) is 1. The van der Waals surface area contributed by atoms with Gasteiger partial charge in [0, 0.05) is 13.2 Å². The lowest BCUT2D eigenvalue weighted by atomic mass is 10.0. The summed E-state index contributed by atoms with van der Waals surface area (Å²) in [6, 6.07) is 5.33. The summed E-state index contributed by atoms with van der Waals surface area (Å²) in [5.41, 5.74) is 1.57. The van der Waals surface area contributed by atoms with Crippen LogP contribution in [0.2, 0.25) is 0 Å². The van der Waals surface area contributed by atoms with Gasteiger partial charge < -0.3 is 10.1 Å². The highest BCUT2D eigenvalue weighted by Gasteiger charge is 2.05. The summed E-state index contributed by atoms with van der Waals surface area (Å²) in [5.74, 6) is 0.162. The molecule has 3 heteroatoms. The average Bonchev–Trinajstić information content (AvgIpc) is 2.26. The third kappa shape index (κ3) is 3.81. The molecule has 0 aliphatic heterocycles. The lowest BCUT2D eigenvalue weighted by Crippen LogP contribution is -2.10. The molecule has 0 heterocycles. The molecule has 0 spiro atoms. The average molecular weight is 225 g/mol. The molecule has 1 N–H and O–H groups in total. The summed E-state index contributed by atoms with van der Waals surface area (Å²) < 4.78 is 18.8. The van der Waals surface area contributed by atoms with E-state index in [4.69, 9.17) is 4.74 Å². The fraction of sp³-hybridized carbons (Fsp3) is 0.538. The van der Waals surface area contributed by atoms with Crippen molar-refractivity contribution in [3.8, 4) is 0 Å². The molecule has 2 nitrogen and oxygen atoms in total. The predicted molar refractivity (Wildman–Crippen MR) is 65.5 cm³/mol. The molecule has 0 saturated heterocycles. The Bertz CT molecular complexity index is 326. The van der Waals surface area contributed by atoms with E-state index in [1.807, 2.05) is 13.0 Å². The van der Waals surface area contributed by atoms with Gasteiger partial charge in [-0.15, -0.1) is 0 Å². The van der Waals surface area contributed by atoms with Gasteiger partial charge in [0.25, 0.3) is 0 Å². The van der Waals surface area contributed by atoms with Gasteiger partial charge in [-0.2, -0.15) is 0 Å². The minimum Gasteiger partial charge on any atom is -0.380 e. The van der Waals surface area contributed by atoms with Crippen LogP contribution < -0.4 is 5.32 Å². The summed E-state index contributed by atoms with van der Waals surface area (Å²) in [4.78, 5) is 0. The number of hydrogen-bond donors (Lipinski definition) is 1. The predicted octanol–water partition coefficient (Wildman–Crippen LogP) is 3.40. The van der Waals surface area contributed by atoms with Crippen LogP contribution in [0.3, 0.4) is 0 Å². The van der Waals surface area contributed by atoms with Gasteiger partial charge in [0.05, 0.1) is 12.3 Å². The quantitative estimate of drug-likeness (QED) is 0.749. The normalized spacial score (nSPS) is 10.8. The summed E-state index contributed by atoms with van der Waals surface area (Å²) in [7, 11) is 0. The van der Waals surface area contributed by atoms with Gasteiger partial charge in [-0.1, -0.05) is 19.9 Å². The van der Waals surface area contributed by atoms with Crippen LogP contribution in [0.5, 0.6) is 0 Å². The highest BCUT2D eigenvalue weighted by Crippen LogP contribution is 2.20. The molecular formula is C13H20FNO. The first-order valence-electron chi connectivity index (χ1n) is 5.76. The van der Waals surface area contributed by atoms with E-state index in [1.54, 1.807) is 12.1 Å². The molecule has 0 aliphatic rings. The van der Waals surface area contributed by atoms with Gasteiger partial charge in [-0.05, 0) is 30.5 Å². The van der Waals surface area contributed by atoms with E-state index >= 15 is 0 Å². The maximum absolute atomic E-state index is 13.6. The first-order valence-corrected chi connectivity index (χ1v) is 5.76. The SMILES string of the molecule is CCOCCNc1ccc(C(C)C)cc1F. The van der Waals surface area contributed by atoms with Crippen LogP contribution in [0.25, 0.3) is 0 Å². The van der Waals surface area contributed by atoms with E-state index in [9.17, 15) is 4.39 Å². The van der Waals surface area contributed by atoms with E-state index in [0.717, 1.165) is 5.56 Å². The van der Waals surface area contributed by atoms with Crippen LogP contribution in [0.15, 0.2) is 18.2 Å². The van der Waals surface area contributed by atoms with Gasteiger partial charge in [0.1, 0.15) is 5.82 Å². The molecule has 1 aromatic rings. The van der Waals surface area contributed by atoms with Gasteiger partial charge in [0.2, 0.25) is 0 Å². The number of anilines is 1. The molecule has 1 rings (SSSR count). The van der Waals surface area contributed by atoms with Crippen LogP contribution in [0.1, 0.15) is 32.3 Å². The van der Waals surface area contributed by atoms with Crippen LogP contribution in [0, 0.1) is 5.82 Å². The van der Waals surface area contributed by atoms with E-state index < -0.39 is 0 Å². The van der Waals surface area contributed by atoms with Gasteiger partial charge in [-0.3, -0.25) is 0 Å². The lowest BCUT2D eigenvalue weighted by molar-refractivity contribution is 0.158. The molecule has 0 aromatic heterocycles.